The lowest BCUT2D eigenvalue weighted by Crippen LogP contribution is -2.06. The van der Waals surface area contributed by atoms with Crippen LogP contribution in [0, 0.1) is 0 Å². The summed E-state index contributed by atoms with van der Waals surface area (Å²) in [6.07, 6.45) is 1.08. The summed E-state index contributed by atoms with van der Waals surface area (Å²) in [5.41, 5.74) is 3.63. The summed E-state index contributed by atoms with van der Waals surface area (Å²) in [5, 5.41) is 3.10. The molecule has 106 valence electrons. The van der Waals surface area contributed by atoms with E-state index in [2.05, 4.69) is 5.32 Å². The molecule has 2 aromatic rings. The number of hydrogen-bond donors (Lipinski definition) is 1. The first-order chi connectivity index (χ1) is 10.1. The molecule has 0 radical (unpaired) electrons. The average molecular weight is 300 g/mol. The van der Waals surface area contributed by atoms with Crippen molar-refractivity contribution in [1.82, 2.24) is 0 Å². The highest BCUT2D eigenvalue weighted by Crippen LogP contribution is 2.31. The molecule has 0 spiro atoms. The van der Waals surface area contributed by atoms with Crippen LogP contribution in [-0.4, -0.2) is 11.7 Å². The molecule has 0 bridgehead atoms. The van der Waals surface area contributed by atoms with E-state index < -0.39 is 0 Å². The SMILES string of the molecule is CCc1ccccc1C(=O)c1cc2c(cc1Cl)NC(=O)C2. The number of carbonyl (C=O) groups excluding carboxylic acids is 2. The van der Waals surface area contributed by atoms with Gasteiger partial charge < -0.3 is 5.32 Å². The van der Waals surface area contributed by atoms with Crippen LogP contribution in [0.3, 0.4) is 0 Å². The van der Waals surface area contributed by atoms with Crippen LogP contribution >= 0.6 is 11.6 Å². The Kier molecular flexibility index (Phi) is 3.52. The first kappa shape index (κ1) is 13.8. The number of amides is 1. The van der Waals surface area contributed by atoms with Crippen LogP contribution in [0.5, 0.6) is 0 Å². The van der Waals surface area contributed by atoms with E-state index >= 15 is 0 Å². The zero-order chi connectivity index (χ0) is 15.0. The molecule has 3 nitrogen and oxygen atoms in total. The number of nitrogens with one attached hydrogen (secondary N) is 1. The monoisotopic (exact) mass is 299 g/mol. The molecule has 0 atom stereocenters. The van der Waals surface area contributed by atoms with Crippen LogP contribution in [0.1, 0.15) is 34.0 Å². The second kappa shape index (κ2) is 5.34. The van der Waals surface area contributed by atoms with Crippen LogP contribution in [-0.2, 0) is 17.6 Å². The first-order valence-electron chi connectivity index (χ1n) is 6.85. The van der Waals surface area contributed by atoms with E-state index in [1.54, 1.807) is 12.1 Å². The van der Waals surface area contributed by atoms with E-state index in [0.29, 0.717) is 28.3 Å². The van der Waals surface area contributed by atoms with E-state index in [0.717, 1.165) is 17.5 Å². The number of hydrogen-bond acceptors (Lipinski definition) is 2. The molecule has 0 unspecified atom stereocenters. The zero-order valence-corrected chi connectivity index (χ0v) is 12.3. The maximum Gasteiger partial charge on any atom is 0.228 e. The maximum absolute atomic E-state index is 12.7. The summed E-state index contributed by atoms with van der Waals surface area (Å²) in [6, 6.07) is 10.9. The topological polar surface area (TPSA) is 46.2 Å². The van der Waals surface area contributed by atoms with Crippen LogP contribution < -0.4 is 5.32 Å². The minimum atomic E-state index is -0.0976. The molecule has 21 heavy (non-hydrogen) atoms. The van der Waals surface area contributed by atoms with Crippen molar-refractivity contribution in [3.05, 3.63) is 63.7 Å². The molecule has 2 aromatic carbocycles. The summed E-state index contributed by atoms with van der Waals surface area (Å²) >= 11 is 6.22. The fraction of sp³-hybridized carbons (Fsp3) is 0.176. The van der Waals surface area contributed by atoms with Crippen LogP contribution in [0.4, 0.5) is 5.69 Å². The maximum atomic E-state index is 12.7. The molecule has 3 rings (SSSR count). The highest BCUT2D eigenvalue weighted by molar-refractivity contribution is 6.35. The number of rotatable bonds is 3. The van der Waals surface area contributed by atoms with Gasteiger partial charge in [0.1, 0.15) is 0 Å². The molecular weight excluding hydrogens is 286 g/mol. The van der Waals surface area contributed by atoms with Gasteiger partial charge in [-0.2, -0.15) is 0 Å². The predicted molar refractivity (Wildman–Crippen MR) is 83.0 cm³/mol. The zero-order valence-electron chi connectivity index (χ0n) is 11.6. The van der Waals surface area contributed by atoms with Crippen molar-refractivity contribution in [3.8, 4) is 0 Å². The Balaban J connectivity index is 2.07. The number of halogens is 1. The van der Waals surface area contributed by atoms with Crippen molar-refractivity contribution < 1.29 is 9.59 Å². The van der Waals surface area contributed by atoms with Gasteiger partial charge in [0.05, 0.1) is 11.4 Å². The third-order valence-electron chi connectivity index (χ3n) is 3.71. The number of anilines is 1. The lowest BCUT2D eigenvalue weighted by molar-refractivity contribution is -0.115. The van der Waals surface area contributed by atoms with Crippen molar-refractivity contribution in [1.29, 1.82) is 0 Å². The van der Waals surface area contributed by atoms with E-state index in [-0.39, 0.29) is 11.7 Å². The molecule has 0 saturated carbocycles. The second-order valence-corrected chi connectivity index (χ2v) is 5.46. The average Bonchev–Trinajstić information content (AvgIpc) is 2.84. The number of aryl methyl sites for hydroxylation is 1. The van der Waals surface area contributed by atoms with Crippen LogP contribution in [0.2, 0.25) is 5.02 Å². The lowest BCUT2D eigenvalue weighted by atomic mass is 9.95. The minimum Gasteiger partial charge on any atom is -0.325 e. The summed E-state index contributed by atoms with van der Waals surface area (Å²) in [5.74, 6) is -0.167. The summed E-state index contributed by atoms with van der Waals surface area (Å²) < 4.78 is 0. The molecule has 0 saturated heterocycles. The quantitative estimate of drug-likeness (QED) is 0.880. The normalized spacial score (nSPS) is 13.0. The fourth-order valence-electron chi connectivity index (χ4n) is 2.62. The largest absolute Gasteiger partial charge is 0.325 e. The highest BCUT2D eigenvalue weighted by atomic mass is 35.5. The van der Waals surface area contributed by atoms with Gasteiger partial charge in [-0.15, -0.1) is 0 Å². The summed E-state index contributed by atoms with van der Waals surface area (Å²) in [6.45, 7) is 2.01. The molecule has 1 aliphatic heterocycles. The van der Waals surface area contributed by atoms with Gasteiger partial charge in [0.25, 0.3) is 0 Å². The molecule has 0 aromatic heterocycles. The number of fused-ring (bicyclic) bond motifs is 1. The molecule has 0 aliphatic carbocycles. The molecule has 1 amide bonds. The Morgan fingerprint density at radius 2 is 2.00 bits per heavy atom. The minimum absolute atomic E-state index is 0.0698. The smallest absolute Gasteiger partial charge is 0.228 e. The van der Waals surface area contributed by atoms with Crippen molar-refractivity contribution in [2.45, 2.75) is 19.8 Å². The van der Waals surface area contributed by atoms with E-state index in [1.807, 2.05) is 31.2 Å². The standard InChI is InChI=1S/C17H14ClNO2/c1-2-10-5-3-4-6-12(10)17(21)13-7-11-8-16(20)19-15(11)9-14(13)18/h3-7,9H,2,8H2,1H3,(H,19,20). The molecular formula is C17H14ClNO2. The van der Waals surface area contributed by atoms with Gasteiger partial charge in [-0.3, -0.25) is 9.59 Å². The third-order valence-corrected chi connectivity index (χ3v) is 4.02. The van der Waals surface area contributed by atoms with E-state index in [1.165, 1.54) is 0 Å². The number of carbonyl (C=O) groups is 2. The van der Waals surface area contributed by atoms with Gasteiger partial charge in [-0.05, 0) is 29.7 Å². The van der Waals surface area contributed by atoms with Crippen molar-refractivity contribution in [2.75, 3.05) is 5.32 Å². The third kappa shape index (κ3) is 2.45. The van der Waals surface area contributed by atoms with Gasteiger partial charge >= 0.3 is 0 Å². The fourth-order valence-corrected chi connectivity index (χ4v) is 2.87. The van der Waals surface area contributed by atoms with Crippen molar-refractivity contribution in [3.63, 3.8) is 0 Å². The molecule has 0 fully saturated rings. The van der Waals surface area contributed by atoms with Gasteiger partial charge in [-0.1, -0.05) is 42.8 Å². The Labute approximate surface area is 127 Å². The Hall–Kier alpha value is -2.13. The van der Waals surface area contributed by atoms with E-state index in [9.17, 15) is 9.59 Å². The van der Waals surface area contributed by atoms with Crippen LogP contribution in [0.25, 0.3) is 0 Å². The van der Waals surface area contributed by atoms with Crippen molar-refractivity contribution >= 4 is 29.0 Å². The first-order valence-corrected chi connectivity index (χ1v) is 7.23. The Morgan fingerprint density at radius 1 is 1.24 bits per heavy atom. The van der Waals surface area contributed by atoms with E-state index in [4.69, 9.17) is 11.6 Å². The lowest BCUT2D eigenvalue weighted by Gasteiger charge is -2.10. The van der Waals surface area contributed by atoms with Gasteiger partial charge in [0, 0.05) is 16.8 Å². The van der Waals surface area contributed by atoms with Gasteiger partial charge in [-0.25, -0.2) is 0 Å². The number of benzene rings is 2. The summed E-state index contributed by atoms with van der Waals surface area (Å²) in [4.78, 5) is 24.2. The highest BCUT2D eigenvalue weighted by Gasteiger charge is 2.23. The van der Waals surface area contributed by atoms with Gasteiger partial charge in [0.2, 0.25) is 5.91 Å². The van der Waals surface area contributed by atoms with Crippen LogP contribution in [0.15, 0.2) is 36.4 Å². The molecule has 1 heterocycles. The number of ketones is 1. The predicted octanol–water partition coefficient (Wildman–Crippen LogP) is 3.63. The van der Waals surface area contributed by atoms with Gasteiger partial charge in [0.15, 0.2) is 5.78 Å². The second-order valence-electron chi connectivity index (χ2n) is 5.05. The molecule has 1 aliphatic rings. The van der Waals surface area contributed by atoms with Crippen molar-refractivity contribution in [2.24, 2.45) is 0 Å². The summed E-state index contributed by atoms with van der Waals surface area (Å²) in [7, 11) is 0. The Bertz CT molecular complexity index is 752. The molecule has 1 N–H and O–H groups in total. The molecule has 4 heteroatoms. The Morgan fingerprint density at radius 3 is 2.76 bits per heavy atom.